The van der Waals surface area contributed by atoms with Crippen LogP contribution in [0.4, 0.5) is 0 Å². The SMILES string of the molecule is CNS(=O)(=O)c1ccc2c(c1)C(=O)OC2. The van der Waals surface area contributed by atoms with Gasteiger partial charge in [0.1, 0.15) is 6.61 Å². The summed E-state index contributed by atoms with van der Waals surface area (Å²) >= 11 is 0. The van der Waals surface area contributed by atoms with Crippen LogP contribution in [-0.2, 0) is 21.4 Å². The molecule has 0 saturated heterocycles. The van der Waals surface area contributed by atoms with Crippen molar-refractivity contribution in [2.75, 3.05) is 7.05 Å². The second-order valence-electron chi connectivity index (χ2n) is 3.10. The first kappa shape index (κ1) is 10.1. The van der Waals surface area contributed by atoms with Crippen molar-refractivity contribution in [3.63, 3.8) is 0 Å². The highest BCUT2D eigenvalue weighted by atomic mass is 32.2. The lowest BCUT2D eigenvalue weighted by Crippen LogP contribution is -2.18. The zero-order valence-electron chi connectivity index (χ0n) is 7.98. The van der Waals surface area contributed by atoms with E-state index in [1.807, 2.05) is 0 Å². The molecule has 80 valence electrons. The van der Waals surface area contributed by atoms with Crippen LogP contribution in [-0.4, -0.2) is 21.4 Å². The van der Waals surface area contributed by atoms with E-state index in [-0.39, 0.29) is 11.5 Å². The van der Waals surface area contributed by atoms with Gasteiger partial charge in [-0.05, 0) is 19.2 Å². The smallest absolute Gasteiger partial charge is 0.338 e. The molecule has 0 aromatic heterocycles. The molecule has 2 rings (SSSR count). The van der Waals surface area contributed by atoms with Gasteiger partial charge < -0.3 is 4.74 Å². The molecule has 0 saturated carbocycles. The van der Waals surface area contributed by atoms with Crippen LogP contribution in [0.3, 0.4) is 0 Å². The Bertz CT molecular complexity index is 521. The molecule has 0 radical (unpaired) electrons. The average Bonchev–Trinajstić information content (AvgIpc) is 2.60. The average molecular weight is 227 g/mol. The summed E-state index contributed by atoms with van der Waals surface area (Å²) in [6.07, 6.45) is 0. The Morgan fingerprint density at radius 1 is 1.40 bits per heavy atom. The van der Waals surface area contributed by atoms with Crippen molar-refractivity contribution < 1.29 is 17.9 Å². The molecule has 0 spiro atoms. The molecule has 6 heteroatoms. The second kappa shape index (κ2) is 3.32. The number of rotatable bonds is 2. The Labute approximate surface area is 87.1 Å². The zero-order chi connectivity index (χ0) is 11.1. The molecule has 1 aromatic carbocycles. The number of fused-ring (bicyclic) bond motifs is 1. The van der Waals surface area contributed by atoms with Crippen LogP contribution in [0.25, 0.3) is 0 Å². The first-order valence-corrected chi connectivity index (χ1v) is 5.76. The van der Waals surface area contributed by atoms with E-state index in [2.05, 4.69) is 4.72 Å². The molecule has 0 atom stereocenters. The van der Waals surface area contributed by atoms with E-state index in [9.17, 15) is 13.2 Å². The normalized spacial score (nSPS) is 14.9. The molecule has 1 heterocycles. The topological polar surface area (TPSA) is 72.5 Å². The summed E-state index contributed by atoms with van der Waals surface area (Å²) in [5, 5.41) is 0. The predicted molar refractivity (Wildman–Crippen MR) is 51.8 cm³/mol. The second-order valence-corrected chi connectivity index (χ2v) is 4.99. The zero-order valence-corrected chi connectivity index (χ0v) is 8.80. The minimum absolute atomic E-state index is 0.0719. The summed E-state index contributed by atoms with van der Waals surface area (Å²) in [4.78, 5) is 11.3. The van der Waals surface area contributed by atoms with Crippen LogP contribution in [0, 0.1) is 0 Å². The Morgan fingerprint density at radius 3 is 2.80 bits per heavy atom. The van der Waals surface area contributed by atoms with Gasteiger partial charge in [0, 0.05) is 5.56 Å². The summed E-state index contributed by atoms with van der Waals surface area (Å²) in [6, 6.07) is 4.37. The summed E-state index contributed by atoms with van der Waals surface area (Å²) in [5.74, 6) is -0.474. The molecule has 0 bridgehead atoms. The molecule has 5 nitrogen and oxygen atoms in total. The molecule has 0 fully saturated rings. The Morgan fingerprint density at radius 2 is 2.13 bits per heavy atom. The van der Waals surface area contributed by atoms with Crippen LogP contribution in [0.2, 0.25) is 0 Å². The van der Waals surface area contributed by atoms with Crippen LogP contribution in [0.5, 0.6) is 0 Å². The number of benzene rings is 1. The fourth-order valence-corrected chi connectivity index (χ4v) is 2.13. The Balaban J connectivity index is 2.56. The highest BCUT2D eigenvalue weighted by molar-refractivity contribution is 7.89. The molecule has 15 heavy (non-hydrogen) atoms. The molecular weight excluding hydrogens is 218 g/mol. The van der Waals surface area contributed by atoms with Crippen LogP contribution in [0.1, 0.15) is 15.9 Å². The quantitative estimate of drug-likeness (QED) is 0.736. The standard InChI is InChI=1S/C9H9NO4S/c1-10-15(12,13)7-3-2-6-5-14-9(11)8(6)4-7/h2-4,10H,5H2,1H3. The Kier molecular flexibility index (Phi) is 2.24. The number of sulfonamides is 1. The molecule has 0 unspecified atom stereocenters. The molecular formula is C9H9NO4S. The molecule has 0 aliphatic carbocycles. The fraction of sp³-hybridized carbons (Fsp3) is 0.222. The van der Waals surface area contributed by atoms with Crippen molar-refractivity contribution in [1.29, 1.82) is 0 Å². The van der Waals surface area contributed by atoms with E-state index in [1.165, 1.54) is 19.2 Å². The number of hydrogen-bond acceptors (Lipinski definition) is 4. The van der Waals surface area contributed by atoms with Gasteiger partial charge in [0.15, 0.2) is 0 Å². The van der Waals surface area contributed by atoms with Crippen LogP contribution >= 0.6 is 0 Å². The first-order chi connectivity index (χ1) is 7.04. The summed E-state index contributed by atoms with van der Waals surface area (Å²) in [6.45, 7) is 0.216. The highest BCUT2D eigenvalue weighted by Crippen LogP contribution is 2.22. The Hall–Kier alpha value is -1.40. The van der Waals surface area contributed by atoms with Gasteiger partial charge in [-0.3, -0.25) is 0 Å². The molecule has 1 aliphatic rings. The van der Waals surface area contributed by atoms with E-state index < -0.39 is 16.0 Å². The largest absolute Gasteiger partial charge is 0.457 e. The van der Waals surface area contributed by atoms with Crippen molar-refractivity contribution in [3.8, 4) is 0 Å². The number of nitrogens with one attached hydrogen (secondary N) is 1. The van der Waals surface area contributed by atoms with Gasteiger partial charge in [-0.2, -0.15) is 0 Å². The van der Waals surface area contributed by atoms with Crippen molar-refractivity contribution in [2.45, 2.75) is 11.5 Å². The van der Waals surface area contributed by atoms with E-state index in [0.29, 0.717) is 5.56 Å². The maximum Gasteiger partial charge on any atom is 0.338 e. The van der Waals surface area contributed by atoms with Gasteiger partial charge >= 0.3 is 5.97 Å². The molecule has 1 aromatic rings. The molecule has 1 aliphatic heterocycles. The van der Waals surface area contributed by atoms with Gasteiger partial charge in [0.2, 0.25) is 10.0 Å². The summed E-state index contributed by atoms with van der Waals surface area (Å²) in [5.41, 5.74) is 1.04. The minimum Gasteiger partial charge on any atom is -0.457 e. The van der Waals surface area contributed by atoms with E-state index >= 15 is 0 Å². The third-order valence-electron chi connectivity index (χ3n) is 2.24. The molecule has 1 N–H and O–H groups in total. The number of ether oxygens (including phenoxy) is 1. The van der Waals surface area contributed by atoms with E-state index in [4.69, 9.17) is 4.74 Å². The monoisotopic (exact) mass is 227 g/mol. The fourth-order valence-electron chi connectivity index (χ4n) is 1.38. The summed E-state index contributed by atoms with van der Waals surface area (Å²) in [7, 11) is -2.18. The highest BCUT2D eigenvalue weighted by Gasteiger charge is 2.23. The number of esters is 1. The minimum atomic E-state index is -3.50. The number of hydrogen-bond donors (Lipinski definition) is 1. The van der Waals surface area contributed by atoms with Crippen molar-refractivity contribution in [2.24, 2.45) is 0 Å². The van der Waals surface area contributed by atoms with Gasteiger partial charge in [0.25, 0.3) is 0 Å². The maximum absolute atomic E-state index is 11.4. The number of carbonyl (C=O) groups excluding carboxylic acids is 1. The van der Waals surface area contributed by atoms with Crippen molar-refractivity contribution in [1.82, 2.24) is 4.72 Å². The van der Waals surface area contributed by atoms with Gasteiger partial charge in [-0.25, -0.2) is 17.9 Å². The number of carbonyl (C=O) groups is 1. The van der Waals surface area contributed by atoms with Gasteiger partial charge in [0.05, 0.1) is 10.5 Å². The first-order valence-electron chi connectivity index (χ1n) is 4.28. The summed E-state index contributed by atoms with van der Waals surface area (Å²) < 4.78 is 29.8. The van der Waals surface area contributed by atoms with Crippen molar-refractivity contribution in [3.05, 3.63) is 29.3 Å². The maximum atomic E-state index is 11.4. The third kappa shape index (κ3) is 1.62. The lowest BCUT2D eigenvalue weighted by Gasteiger charge is -2.02. The molecule has 0 amide bonds. The lowest BCUT2D eigenvalue weighted by molar-refractivity contribution is 0.0535. The van der Waals surface area contributed by atoms with Gasteiger partial charge in [-0.1, -0.05) is 6.07 Å². The van der Waals surface area contributed by atoms with E-state index in [0.717, 1.165) is 5.56 Å². The van der Waals surface area contributed by atoms with E-state index in [1.54, 1.807) is 6.07 Å². The van der Waals surface area contributed by atoms with Crippen LogP contribution < -0.4 is 4.72 Å². The predicted octanol–water partition coefficient (Wildman–Crippen LogP) is 0.265. The number of cyclic esters (lactones) is 1. The lowest BCUT2D eigenvalue weighted by atomic mass is 10.1. The van der Waals surface area contributed by atoms with Crippen LogP contribution in [0.15, 0.2) is 23.1 Å². The van der Waals surface area contributed by atoms with Crippen molar-refractivity contribution >= 4 is 16.0 Å². The third-order valence-corrected chi connectivity index (χ3v) is 3.65. The van der Waals surface area contributed by atoms with Gasteiger partial charge in [-0.15, -0.1) is 0 Å².